The standard InChI is InChI=1S/C12H6O12.3Na/c13-7(14)1-2(8(15)16)4(10(19)20)6(12(23)24)5(11(21)22)3(1)9(17)18;;;/h(H,13,14)(H,15,16)(H,17,18)(H,19,20)(H,21,22)(H,23,24);;;/q;3*+1/p-3. The molecule has 0 unspecified atom stereocenters. The van der Waals surface area contributed by atoms with E-state index in [-0.39, 0.29) is 88.7 Å². The van der Waals surface area contributed by atoms with E-state index in [0.717, 1.165) is 0 Å². The van der Waals surface area contributed by atoms with Gasteiger partial charge in [0.05, 0.1) is 34.6 Å². The number of carboxylic acids is 6. The zero-order chi connectivity index (χ0) is 18.9. The minimum Gasteiger partial charge on any atom is -0.545 e. The summed E-state index contributed by atoms with van der Waals surface area (Å²) in [5.74, 6) is -14.8. The number of carbonyl (C=O) groups excluding carboxylic acids is 3. The zero-order valence-electron chi connectivity index (χ0n) is 14.0. The number of hydrogen-bond acceptors (Lipinski definition) is 9. The van der Waals surface area contributed by atoms with Crippen LogP contribution in [0.25, 0.3) is 0 Å². The maximum atomic E-state index is 11.2. The summed E-state index contributed by atoms with van der Waals surface area (Å²) in [5, 5.41) is 60.1. The monoisotopic (exact) mass is 408 g/mol. The molecule has 1 aromatic rings. The SMILES string of the molecule is O=C([O-])c1c(C(=O)O)c(C(=O)[O-])c(C(=O)O)c(C(=O)[O-])c1C(=O)O.[Na+].[Na+].[Na+]. The molecule has 3 N–H and O–H groups in total. The van der Waals surface area contributed by atoms with Crippen LogP contribution in [-0.2, 0) is 0 Å². The van der Waals surface area contributed by atoms with Crippen molar-refractivity contribution in [2.45, 2.75) is 0 Å². The van der Waals surface area contributed by atoms with E-state index in [2.05, 4.69) is 0 Å². The normalized spacial score (nSPS) is 8.89. The van der Waals surface area contributed by atoms with E-state index < -0.39 is 69.2 Å². The zero-order valence-corrected chi connectivity index (χ0v) is 20.0. The van der Waals surface area contributed by atoms with Crippen LogP contribution in [0.2, 0.25) is 0 Å². The molecule has 1 aromatic carbocycles. The largest absolute Gasteiger partial charge is 1.00 e. The van der Waals surface area contributed by atoms with E-state index in [1.807, 2.05) is 0 Å². The van der Waals surface area contributed by atoms with E-state index >= 15 is 0 Å². The van der Waals surface area contributed by atoms with Crippen molar-refractivity contribution in [3.05, 3.63) is 33.4 Å². The van der Waals surface area contributed by atoms with Crippen molar-refractivity contribution in [2.75, 3.05) is 0 Å². The van der Waals surface area contributed by atoms with Crippen LogP contribution in [0.15, 0.2) is 0 Å². The number of rotatable bonds is 6. The summed E-state index contributed by atoms with van der Waals surface area (Å²) in [6, 6.07) is 0. The Bertz CT molecular complexity index is 646. The molecule has 0 spiro atoms. The summed E-state index contributed by atoms with van der Waals surface area (Å²) in [6.07, 6.45) is 0. The number of carbonyl (C=O) groups is 6. The number of carboxylic acid groups (broad SMARTS) is 6. The second-order valence-corrected chi connectivity index (χ2v) is 4.03. The maximum absolute atomic E-state index is 11.2. The van der Waals surface area contributed by atoms with Crippen LogP contribution in [0.5, 0.6) is 0 Å². The fourth-order valence-electron chi connectivity index (χ4n) is 2.00. The first kappa shape index (κ1) is 30.8. The summed E-state index contributed by atoms with van der Waals surface area (Å²) in [7, 11) is 0. The van der Waals surface area contributed by atoms with Gasteiger partial charge in [-0.05, 0) is 0 Å². The minimum atomic E-state index is -2.56. The van der Waals surface area contributed by atoms with Gasteiger partial charge in [-0.2, -0.15) is 0 Å². The summed E-state index contributed by atoms with van der Waals surface area (Å²) < 4.78 is 0. The van der Waals surface area contributed by atoms with Gasteiger partial charge in [-0.15, -0.1) is 0 Å². The minimum absolute atomic E-state index is 0. The van der Waals surface area contributed by atoms with Gasteiger partial charge in [0, 0.05) is 16.7 Å². The topological polar surface area (TPSA) is 232 Å². The Morgan fingerprint density at radius 3 is 0.667 bits per heavy atom. The third kappa shape index (κ3) is 6.01. The number of benzene rings is 1. The Kier molecular flexibility index (Phi) is 13.4. The first-order chi connectivity index (χ1) is 10.9. The molecule has 0 atom stereocenters. The van der Waals surface area contributed by atoms with E-state index in [1.165, 1.54) is 0 Å². The average Bonchev–Trinajstić information content (AvgIpc) is 2.42. The summed E-state index contributed by atoms with van der Waals surface area (Å²) >= 11 is 0. The first-order valence-corrected chi connectivity index (χ1v) is 5.51. The van der Waals surface area contributed by atoms with Crippen LogP contribution >= 0.6 is 0 Å². The molecule has 1 rings (SSSR count). The van der Waals surface area contributed by atoms with Gasteiger partial charge < -0.3 is 45.0 Å². The van der Waals surface area contributed by atoms with E-state index in [4.69, 9.17) is 15.3 Å². The molecule has 0 radical (unpaired) electrons. The molecule has 0 bridgehead atoms. The number of aromatic carboxylic acids is 6. The fourth-order valence-corrected chi connectivity index (χ4v) is 2.00. The van der Waals surface area contributed by atoms with Crippen molar-refractivity contribution in [1.29, 1.82) is 0 Å². The summed E-state index contributed by atoms with van der Waals surface area (Å²) in [4.78, 5) is 66.7. The van der Waals surface area contributed by atoms with Crippen LogP contribution in [0.3, 0.4) is 0 Å². The van der Waals surface area contributed by atoms with Crippen LogP contribution in [0, 0.1) is 0 Å². The van der Waals surface area contributed by atoms with Gasteiger partial charge in [0.15, 0.2) is 0 Å². The molecule has 27 heavy (non-hydrogen) atoms. The van der Waals surface area contributed by atoms with Crippen molar-refractivity contribution in [1.82, 2.24) is 0 Å². The summed E-state index contributed by atoms with van der Waals surface area (Å²) in [6.45, 7) is 0. The molecule has 0 aliphatic heterocycles. The molecule has 0 heterocycles. The molecule has 0 aliphatic rings. The van der Waals surface area contributed by atoms with E-state index in [0.29, 0.717) is 0 Å². The van der Waals surface area contributed by atoms with Gasteiger partial charge in [-0.1, -0.05) is 0 Å². The molecule has 0 saturated heterocycles. The summed E-state index contributed by atoms with van der Waals surface area (Å²) in [5.41, 5.74) is -11.0. The van der Waals surface area contributed by atoms with Crippen LogP contribution in [0.4, 0.5) is 0 Å². The van der Waals surface area contributed by atoms with Gasteiger partial charge in [-0.25, -0.2) is 14.4 Å². The molecule has 0 saturated carbocycles. The van der Waals surface area contributed by atoms with Crippen LogP contribution < -0.4 is 104 Å². The Labute approximate surface area is 215 Å². The molecular formula is C12H3Na3O12. The second kappa shape index (κ2) is 11.8. The van der Waals surface area contributed by atoms with Crippen molar-refractivity contribution in [2.24, 2.45) is 0 Å². The van der Waals surface area contributed by atoms with Gasteiger partial charge in [0.25, 0.3) is 0 Å². The third-order valence-corrected chi connectivity index (χ3v) is 2.75. The van der Waals surface area contributed by atoms with Crippen molar-refractivity contribution in [3.8, 4) is 0 Å². The molecule has 0 aromatic heterocycles. The predicted octanol–water partition coefficient (Wildman–Crippen LogP) is -13.1. The van der Waals surface area contributed by atoms with Crippen LogP contribution in [-0.4, -0.2) is 51.1 Å². The predicted molar refractivity (Wildman–Crippen MR) is 60.3 cm³/mol. The Morgan fingerprint density at radius 2 is 0.593 bits per heavy atom. The Morgan fingerprint density at radius 1 is 0.444 bits per heavy atom. The first-order valence-electron chi connectivity index (χ1n) is 5.51. The van der Waals surface area contributed by atoms with E-state index in [1.54, 1.807) is 0 Å². The molecule has 0 amide bonds. The van der Waals surface area contributed by atoms with Gasteiger partial charge in [0.1, 0.15) is 0 Å². The van der Waals surface area contributed by atoms with Crippen LogP contribution in [0.1, 0.15) is 62.1 Å². The van der Waals surface area contributed by atoms with Crippen molar-refractivity contribution < 1.29 is 148 Å². The molecule has 0 fully saturated rings. The van der Waals surface area contributed by atoms with Crippen molar-refractivity contribution >= 4 is 35.8 Å². The molecule has 15 heteroatoms. The Balaban J connectivity index is -0.00000192. The van der Waals surface area contributed by atoms with Gasteiger partial charge >= 0.3 is 107 Å². The quantitative estimate of drug-likeness (QED) is 0.372. The average molecular weight is 408 g/mol. The molecule has 126 valence electrons. The Hall–Kier alpha value is -0.960. The second-order valence-electron chi connectivity index (χ2n) is 4.03. The molecular weight excluding hydrogens is 405 g/mol. The van der Waals surface area contributed by atoms with Crippen molar-refractivity contribution in [3.63, 3.8) is 0 Å². The molecule has 0 aliphatic carbocycles. The van der Waals surface area contributed by atoms with E-state index in [9.17, 15) is 44.1 Å². The third-order valence-electron chi connectivity index (χ3n) is 2.75. The maximum Gasteiger partial charge on any atom is 1.00 e. The number of hydrogen-bond donors (Lipinski definition) is 3. The van der Waals surface area contributed by atoms with Gasteiger partial charge in [-0.3, -0.25) is 0 Å². The fraction of sp³-hybridized carbons (Fsp3) is 0. The smallest absolute Gasteiger partial charge is 0.545 e. The van der Waals surface area contributed by atoms with Gasteiger partial charge in [0.2, 0.25) is 0 Å². The molecule has 12 nitrogen and oxygen atoms in total.